The first-order chi connectivity index (χ1) is 12.5. The molecule has 0 fully saturated rings. The largest absolute Gasteiger partial charge is 0.493 e. The number of methoxy groups -OCH3 is 1. The van der Waals surface area contributed by atoms with Crippen molar-refractivity contribution in [2.24, 2.45) is 5.92 Å². The summed E-state index contributed by atoms with van der Waals surface area (Å²) in [7, 11) is 1.60. The second-order valence-electron chi connectivity index (χ2n) is 6.87. The van der Waals surface area contributed by atoms with Crippen molar-refractivity contribution in [1.82, 2.24) is 5.32 Å². The summed E-state index contributed by atoms with van der Waals surface area (Å²) in [5.41, 5.74) is 3.77. The molecule has 0 aromatic heterocycles. The Kier molecular flexibility index (Phi) is 7.50. The van der Waals surface area contributed by atoms with E-state index in [9.17, 15) is 0 Å². The summed E-state index contributed by atoms with van der Waals surface area (Å²) < 4.78 is 10.7. The first-order valence-corrected chi connectivity index (χ1v) is 9.02. The Labute approximate surface area is 156 Å². The maximum absolute atomic E-state index is 8.63. The summed E-state index contributed by atoms with van der Waals surface area (Å²) >= 11 is 0. The average Bonchev–Trinajstić information content (AvgIpc) is 2.64. The Morgan fingerprint density at radius 2 is 1.69 bits per heavy atom. The summed E-state index contributed by atoms with van der Waals surface area (Å²) in [5, 5.41) is 12.2. The number of benzene rings is 2. The molecule has 2 rings (SSSR count). The normalized spacial score (nSPS) is 11.8. The van der Waals surface area contributed by atoms with Crippen molar-refractivity contribution in [3.63, 3.8) is 0 Å². The van der Waals surface area contributed by atoms with Gasteiger partial charge in [-0.3, -0.25) is 0 Å². The Hall–Kier alpha value is -2.51. The smallest absolute Gasteiger partial charge is 0.174 e. The fraction of sp³-hybridized carbons (Fsp3) is 0.409. The highest BCUT2D eigenvalue weighted by Gasteiger charge is 2.09. The number of hydrogen-bond acceptors (Lipinski definition) is 4. The number of nitriles is 1. The molecule has 0 spiro atoms. The Morgan fingerprint density at radius 1 is 1.00 bits per heavy atom. The van der Waals surface area contributed by atoms with E-state index in [1.165, 1.54) is 11.1 Å². The van der Waals surface area contributed by atoms with Gasteiger partial charge in [0.15, 0.2) is 18.1 Å². The fourth-order valence-electron chi connectivity index (χ4n) is 2.85. The summed E-state index contributed by atoms with van der Waals surface area (Å²) in [6.45, 7) is 7.38. The van der Waals surface area contributed by atoms with Gasteiger partial charge in [-0.15, -0.1) is 0 Å². The lowest BCUT2D eigenvalue weighted by molar-refractivity contribution is 0.329. The van der Waals surface area contributed by atoms with Crippen LogP contribution in [-0.2, 0) is 13.0 Å². The van der Waals surface area contributed by atoms with Crippen LogP contribution in [0.3, 0.4) is 0 Å². The number of nitrogens with one attached hydrogen (secondary N) is 1. The Balaban J connectivity index is 1.96. The van der Waals surface area contributed by atoms with E-state index in [4.69, 9.17) is 14.7 Å². The van der Waals surface area contributed by atoms with Crippen LogP contribution in [0.25, 0.3) is 0 Å². The molecule has 0 bridgehead atoms. The van der Waals surface area contributed by atoms with Gasteiger partial charge >= 0.3 is 0 Å². The van der Waals surface area contributed by atoms with Gasteiger partial charge < -0.3 is 14.8 Å². The highest BCUT2D eigenvalue weighted by atomic mass is 16.5. The fourth-order valence-corrected chi connectivity index (χ4v) is 2.85. The second kappa shape index (κ2) is 9.84. The molecular formula is C22H28N2O2. The second-order valence-corrected chi connectivity index (χ2v) is 6.87. The van der Waals surface area contributed by atoms with Crippen molar-refractivity contribution in [3.05, 3.63) is 59.2 Å². The van der Waals surface area contributed by atoms with Crippen LogP contribution in [0.2, 0.25) is 0 Å². The van der Waals surface area contributed by atoms with Gasteiger partial charge in [0.1, 0.15) is 6.07 Å². The number of ether oxygens (including phenoxy) is 2. The maximum atomic E-state index is 8.63. The predicted octanol–water partition coefficient (Wildman–Crippen LogP) is 4.65. The first kappa shape index (κ1) is 19.8. The summed E-state index contributed by atoms with van der Waals surface area (Å²) in [6, 6.07) is 16.8. The minimum Gasteiger partial charge on any atom is -0.493 e. The number of rotatable bonds is 9. The highest BCUT2D eigenvalue weighted by molar-refractivity contribution is 5.43. The molecule has 1 atom stereocenters. The van der Waals surface area contributed by atoms with E-state index in [0.717, 1.165) is 18.5 Å². The van der Waals surface area contributed by atoms with Gasteiger partial charge in [-0.05, 0) is 48.1 Å². The molecule has 0 radical (unpaired) electrons. The van der Waals surface area contributed by atoms with E-state index < -0.39 is 0 Å². The van der Waals surface area contributed by atoms with Crippen LogP contribution in [0.5, 0.6) is 11.5 Å². The molecule has 0 heterocycles. The predicted molar refractivity (Wildman–Crippen MR) is 104 cm³/mol. The van der Waals surface area contributed by atoms with Crippen LogP contribution in [0.15, 0.2) is 42.5 Å². The lowest BCUT2D eigenvalue weighted by Gasteiger charge is -2.16. The van der Waals surface area contributed by atoms with E-state index in [2.05, 4.69) is 50.4 Å². The molecular weight excluding hydrogens is 324 g/mol. The van der Waals surface area contributed by atoms with Crippen LogP contribution in [0.4, 0.5) is 0 Å². The maximum Gasteiger partial charge on any atom is 0.174 e. The Morgan fingerprint density at radius 3 is 2.31 bits per heavy atom. The molecule has 0 aliphatic heterocycles. The van der Waals surface area contributed by atoms with E-state index in [1.54, 1.807) is 7.11 Å². The molecule has 4 heteroatoms. The lowest BCUT2D eigenvalue weighted by atomic mass is 10.00. The van der Waals surface area contributed by atoms with E-state index >= 15 is 0 Å². The van der Waals surface area contributed by atoms with Crippen molar-refractivity contribution in [2.45, 2.75) is 39.8 Å². The van der Waals surface area contributed by atoms with Crippen molar-refractivity contribution in [3.8, 4) is 17.6 Å². The van der Waals surface area contributed by atoms with Gasteiger partial charge in [0.25, 0.3) is 0 Å². The molecule has 4 nitrogen and oxygen atoms in total. The van der Waals surface area contributed by atoms with Gasteiger partial charge in [0.2, 0.25) is 0 Å². The molecule has 0 unspecified atom stereocenters. The molecule has 2 aromatic carbocycles. The number of nitrogens with zero attached hydrogens (tertiary/aromatic N) is 1. The van der Waals surface area contributed by atoms with E-state index in [0.29, 0.717) is 17.4 Å². The zero-order valence-corrected chi connectivity index (χ0v) is 16.1. The Bertz CT molecular complexity index is 733. The molecule has 0 saturated carbocycles. The lowest BCUT2D eigenvalue weighted by Crippen LogP contribution is -2.18. The molecule has 138 valence electrons. The minimum atomic E-state index is 0.0117. The van der Waals surface area contributed by atoms with Crippen LogP contribution in [0, 0.1) is 17.2 Å². The topological polar surface area (TPSA) is 54.3 Å². The molecule has 2 aromatic rings. The van der Waals surface area contributed by atoms with E-state index in [-0.39, 0.29) is 12.6 Å². The van der Waals surface area contributed by atoms with Crippen LogP contribution in [-0.4, -0.2) is 13.7 Å². The molecule has 26 heavy (non-hydrogen) atoms. The van der Waals surface area contributed by atoms with Crippen molar-refractivity contribution in [1.29, 1.82) is 5.26 Å². The van der Waals surface area contributed by atoms with Crippen molar-refractivity contribution < 1.29 is 9.47 Å². The molecule has 0 saturated heterocycles. The van der Waals surface area contributed by atoms with Crippen LogP contribution >= 0.6 is 0 Å². The average molecular weight is 352 g/mol. The quantitative estimate of drug-likeness (QED) is 0.714. The standard InChI is InChI=1S/C22H28N2O2/c1-16(2)13-18-5-8-20(9-6-18)17(3)24-15-19-7-10-21(26-12-11-23)22(14-19)25-4/h5-10,14,16-17,24H,12-13,15H2,1-4H3/t17-/m1/s1. The van der Waals surface area contributed by atoms with Crippen LogP contribution in [0.1, 0.15) is 43.5 Å². The molecule has 1 N–H and O–H groups in total. The highest BCUT2D eigenvalue weighted by Crippen LogP contribution is 2.28. The molecule has 0 amide bonds. The summed E-state index contributed by atoms with van der Waals surface area (Å²) in [4.78, 5) is 0. The van der Waals surface area contributed by atoms with Crippen molar-refractivity contribution in [2.75, 3.05) is 13.7 Å². The van der Waals surface area contributed by atoms with Gasteiger partial charge in [0.05, 0.1) is 7.11 Å². The van der Waals surface area contributed by atoms with Crippen LogP contribution < -0.4 is 14.8 Å². The third-order valence-electron chi connectivity index (χ3n) is 4.26. The van der Waals surface area contributed by atoms with Crippen molar-refractivity contribution >= 4 is 0 Å². The van der Waals surface area contributed by atoms with Gasteiger partial charge in [0, 0.05) is 12.6 Å². The zero-order chi connectivity index (χ0) is 18.9. The third-order valence-corrected chi connectivity index (χ3v) is 4.26. The molecule has 0 aliphatic carbocycles. The summed E-state index contributed by atoms with van der Waals surface area (Å²) in [6.07, 6.45) is 1.11. The SMILES string of the molecule is COc1cc(CN[C@H](C)c2ccc(CC(C)C)cc2)ccc1OCC#N. The van der Waals surface area contributed by atoms with Gasteiger partial charge in [-0.1, -0.05) is 44.2 Å². The van der Waals surface area contributed by atoms with E-state index in [1.807, 2.05) is 24.3 Å². The summed E-state index contributed by atoms with van der Waals surface area (Å²) in [5.74, 6) is 1.91. The third kappa shape index (κ3) is 5.79. The molecule has 0 aliphatic rings. The van der Waals surface area contributed by atoms with Gasteiger partial charge in [-0.2, -0.15) is 5.26 Å². The minimum absolute atomic E-state index is 0.0117. The first-order valence-electron chi connectivity index (χ1n) is 9.02. The van der Waals surface area contributed by atoms with Gasteiger partial charge in [-0.25, -0.2) is 0 Å². The number of hydrogen-bond donors (Lipinski definition) is 1. The monoisotopic (exact) mass is 352 g/mol. The zero-order valence-electron chi connectivity index (χ0n) is 16.1.